The van der Waals surface area contributed by atoms with Gasteiger partial charge < -0.3 is 9.15 Å². The number of furan rings is 1. The van der Waals surface area contributed by atoms with Crippen LogP contribution in [-0.2, 0) is 11.3 Å². The van der Waals surface area contributed by atoms with Crippen molar-refractivity contribution in [2.45, 2.75) is 13.0 Å². The van der Waals surface area contributed by atoms with E-state index >= 15 is 0 Å². The highest BCUT2D eigenvalue weighted by molar-refractivity contribution is 5.74. The van der Waals surface area contributed by atoms with Crippen LogP contribution in [0, 0.1) is 0 Å². The first-order valence-corrected chi connectivity index (χ1v) is 4.75. The van der Waals surface area contributed by atoms with Gasteiger partial charge in [0.15, 0.2) is 0 Å². The normalized spacial score (nSPS) is 11.0. The molecule has 0 saturated carbocycles. The Morgan fingerprint density at radius 2 is 2.47 bits per heavy atom. The van der Waals surface area contributed by atoms with E-state index in [1.165, 1.54) is 10.9 Å². The quantitative estimate of drug-likeness (QED) is 0.704. The molecule has 0 bridgehead atoms. The fourth-order valence-electron chi connectivity index (χ4n) is 1.41. The summed E-state index contributed by atoms with van der Waals surface area (Å²) in [5, 5.41) is 4.78. The maximum atomic E-state index is 11.7. The van der Waals surface area contributed by atoms with Crippen LogP contribution in [0.25, 0.3) is 11.0 Å². The van der Waals surface area contributed by atoms with Crippen LogP contribution in [0.4, 0.5) is 0 Å². The Morgan fingerprint density at radius 1 is 1.60 bits per heavy atom. The van der Waals surface area contributed by atoms with Crippen molar-refractivity contribution in [2.24, 2.45) is 0 Å². The largest absolute Gasteiger partial charge is 0.458 e. The predicted molar refractivity (Wildman–Crippen MR) is 54.8 cm³/mol. The molecule has 0 aliphatic rings. The highest BCUT2D eigenvalue weighted by atomic mass is 16.5. The molecule has 0 N–H and O–H groups in total. The van der Waals surface area contributed by atoms with E-state index in [0.29, 0.717) is 18.7 Å². The molecule has 80 valence electrons. The van der Waals surface area contributed by atoms with Gasteiger partial charge in [-0.15, -0.1) is 0 Å². The van der Waals surface area contributed by atoms with Crippen LogP contribution in [0.5, 0.6) is 0 Å². The van der Waals surface area contributed by atoms with E-state index in [-0.39, 0.29) is 5.56 Å². The minimum atomic E-state index is -0.186. The summed E-state index contributed by atoms with van der Waals surface area (Å²) in [4.78, 5) is 11.7. The summed E-state index contributed by atoms with van der Waals surface area (Å²) in [5.41, 5.74) is 0.177. The van der Waals surface area contributed by atoms with E-state index < -0.39 is 0 Å². The summed E-state index contributed by atoms with van der Waals surface area (Å²) in [6.07, 6.45) is 3.88. The number of rotatable bonds is 4. The number of hydrogen-bond donors (Lipinski definition) is 0. The number of aryl methyl sites for hydroxylation is 1. The summed E-state index contributed by atoms with van der Waals surface area (Å²) in [5.74, 6) is 0. The van der Waals surface area contributed by atoms with Crippen molar-refractivity contribution in [3.8, 4) is 0 Å². The highest BCUT2D eigenvalue weighted by Crippen LogP contribution is 2.07. The lowest BCUT2D eigenvalue weighted by Crippen LogP contribution is -2.22. The van der Waals surface area contributed by atoms with Gasteiger partial charge in [0.25, 0.3) is 0 Å². The van der Waals surface area contributed by atoms with Crippen LogP contribution in [0.15, 0.2) is 27.7 Å². The van der Waals surface area contributed by atoms with Crippen LogP contribution >= 0.6 is 0 Å². The van der Waals surface area contributed by atoms with Crippen molar-refractivity contribution in [3.05, 3.63) is 28.9 Å². The molecular weight excluding hydrogens is 196 g/mol. The zero-order valence-electron chi connectivity index (χ0n) is 8.47. The van der Waals surface area contributed by atoms with Crippen LogP contribution in [-0.4, -0.2) is 23.5 Å². The van der Waals surface area contributed by atoms with E-state index in [2.05, 4.69) is 5.10 Å². The first-order valence-electron chi connectivity index (χ1n) is 4.75. The van der Waals surface area contributed by atoms with Crippen molar-refractivity contribution in [1.82, 2.24) is 9.78 Å². The molecule has 15 heavy (non-hydrogen) atoms. The van der Waals surface area contributed by atoms with E-state index in [4.69, 9.17) is 9.15 Å². The lowest BCUT2D eigenvalue weighted by atomic mass is 10.4. The van der Waals surface area contributed by atoms with E-state index in [0.717, 1.165) is 11.8 Å². The second-order valence-electron chi connectivity index (χ2n) is 3.22. The fraction of sp³-hybridized carbons (Fsp3) is 0.400. The molecule has 2 heterocycles. The van der Waals surface area contributed by atoms with E-state index in [9.17, 15) is 4.79 Å². The monoisotopic (exact) mass is 208 g/mol. The Kier molecular flexibility index (Phi) is 2.82. The summed E-state index contributed by atoms with van der Waals surface area (Å²) >= 11 is 0. The zero-order chi connectivity index (χ0) is 10.7. The molecule has 0 fully saturated rings. The molecule has 0 aliphatic carbocycles. The molecule has 0 saturated heterocycles. The number of nitrogens with zero attached hydrogens (tertiary/aromatic N) is 2. The molecule has 0 atom stereocenters. The third kappa shape index (κ3) is 1.92. The minimum absolute atomic E-state index is 0.186. The number of aromatic nitrogens is 2. The Labute approximate surface area is 86.3 Å². The van der Waals surface area contributed by atoms with Gasteiger partial charge >= 0.3 is 5.56 Å². The fourth-order valence-corrected chi connectivity index (χ4v) is 1.41. The molecule has 2 rings (SSSR count). The SMILES string of the molecule is COCCCn1ncc2ccoc2c1=O. The number of methoxy groups -OCH3 is 1. The maximum absolute atomic E-state index is 11.7. The molecular formula is C10H12N2O3. The van der Waals surface area contributed by atoms with Gasteiger partial charge in [-0.05, 0) is 12.5 Å². The minimum Gasteiger partial charge on any atom is -0.458 e. The van der Waals surface area contributed by atoms with Crippen molar-refractivity contribution in [1.29, 1.82) is 0 Å². The molecule has 5 nitrogen and oxygen atoms in total. The van der Waals surface area contributed by atoms with Crippen LogP contribution < -0.4 is 5.56 Å². The molecule has 0 aromatic carbocycles. The maximum Gasteiger partial charge on any atom is 0.310 e. The average molecular weight is 208 g/mol. The van der Waals surface area contributed by atoms with Gasteiger partial charge in [0.1, 0.15) is 0 Å². The Bertz CT molecular complexity index is 501. The molecule has 2 aromatic heterocycles. The van der Waals surface area contributed by atoms with Crippen LogP contribution in [0.1, 0.15) is 6.42 Å². The lowest BCUT2D eigenvalue weighted by Gasteiger charge is -2.02. The van der Waals surface area contributed by atoms with Gasteiger partial charge in [-0.1, -0.05) is 0 Å². The van der Waals surface area contributed by atoms with Gasteiger partial charge in [-0.25, -0.2) is 4.68 Å². The van der Waals surface area contributed by atoms with Gasteiger partial charge in [0.2, 0.25) is 5.58 Å². The van der Waals surface area contributed by atoms with Crippen LogP contribution in [0.3, 0.4) is 0 Å². The van der Waals surface area contributed by atoms with Crippen molar-refractivity contribution in [2.75, 3.05) is 13.7 Å². The van der Waals surface area contributed by atoms with Gasteiger partial charge in [0, 0.05) is 25.6 Å². The number of ether oxygens (including phenoxy) is 1. The third-order valence-corrected chi connectivity index (χ3v) is 2.18. The summed E-state index contributed by atoms with van der Waals surface area (Å²) in [6.45, 7) is 1.16. The highest BCUT2D eigenvalue weighted by Gasteiger charge is 2.05. The Hall–Kier alpha value is -1.62. The van der Waals surface area contributed by atoms with Crippen molar-refractivity contribution in [3.63, 3.8) is 0 Å². The van der Waals surface area contributed by atoms with Gasteiger partial charge in [-0.2, -0.15) is 5.10 Å². The summed E-state index contributed by atoms with van der Waals surface area (Å²) in [7, 11) is 1.63. The zero-order valence-corrected chi connectivity index (χ0v) is 8.47. The molecule has 0 amide bonds. The standard InChI is InChI=1S/C10H12N2O3/c1-14-5-2-4-12-10(13)9-8(7-11-12)3-6-15-9/h3,6-7H,2,4-5H2,1H3. The second kappa shape index (κ2) is 4.27. The second-order valence-corrected chi connectivity index (χ2v) is 3.22. The van der Waals surface area contributed by atoms with Gasteiger partial charge in [-0.3, -0.25) is 4.79 Å². The third-order valence-electron chi connectivity index (χ3n) is 2.18. The topological polar surface area (TPSA) is 57.3 Å². The average Bonchev–Trinajstić information content (AvgIpc) is 2.70. The number of hydrogen-bond acceptors (Lipinski definition) is 4. The summed E-state index contributed by atoms with van der Waals surface area (Å²) < 4.78 is 11.4. The molecule has 5 heteroatoms. The molecule has 0 spiro atoms. The van der Waals surface area contributed by atoms with Crippen molar-refractivity contribution < 1.29 is 9.15 Å². The molecule has 0 radical (unpaired) electrons. The van der Waals surface area contributed by atoms with E-state index in [1.807, 2.05) is 0 Å². The first kappa shape index (κ1) is 9.92. The lowest BCUT2D eigenvalue weighted by molar-refractivity contribution is 0.188. The predicted octanol–water partition coefficient (Wildman–Crippen LogP) is 1.03. The number of fused-ring (bicyclic) bond motifs is 1. The molecule has 2 aromatic rings. The Morgan fingerprint density at radius 3 is 3.27 bits per heavy atom. The van der Waals surface area contributed by atoms with Gasteiger partial charge in [0.05, 0.1) is 12.5 Å². The van der Waals surface area contributed by atoms with Crippen molar-refractivity contribution >= 4 is 11.0 Å². The van der Waals surface area contributed by atoms with E-state index in [1.54, 1.807) is 19.4 Å². The van der Waals surface area contributed by atoms with Crippen LogP contribution in [0.2, 0.25) is 0 Å². The smallest absolute Gasteiger partial charge is 0.310 e. The molecule has 0 aliphatic heterocycles. The first-order chi connectivity index (χ1) is 7.33. The molecule has 0 unspecified atom stereocenters. The Balaban J connectivity index is 2.28. The summed E-state index contributed by atoms with van der Waals surface area (Å²) in [6, 6.07) is 1.73.